The van der Waals surface area contributed by atoms with Crippen molar-refractivity contribution in [3.63, 3.8) is 0 Å². The standard InChI is InChI=1S/C16H27NO2S/c1-3-8-16(11-20,9-4-2)10-17-14(18)12-6-5-7-13(12)15(17)19/h12-13,20H,3-11H2,1-2H3. The summed E-state index contributed by atoms with van der Waals surface area (Å²) in [7, 11) is 0. The highest BCUT2D eigenvalue weighted by molar-refractivity contribution is 7.80. The summed E-state index contributed by atoms with van der Waals surface area (Å²) in [4.78, 5) is 26.5. The number of hydrogen-bond acceptors (Lipinski definition) is 3. The third-order valence-electron chi connectivity index (χ3n) is 5.07. The minimum Gasteiger partial charge on any atom is -0.282 e. The lowest BCUT2D eigenvalue weighted by atomic mass is 9.80. The van der Waals surface area contributed by atoms with Crippen LogP contribution in [0.5, 0.6) is 0 Å². The van der Waals surface area contributed by atoms with E-state index in [0.717, 1.165) is 50.7 Å². The number of rotatable bonds is 7. The quantitative estimate of drug-likeness (QED) is 0.578. The number of nitrogens with zero attached hydrogens (tertiary/aromatic N) is 1. The highest BCUT2D eigenvalue weighted by atomic mass is 32.1. The lowest BCUT2D eigenvalue weighted by molar-refractivity contribution is -0.142. The molecule has 0 aromatic rings. The summed E-state index contributed by atoms with van der Waals surface area (Å²) >= 11 is 4.53. The van der Waals surface area contributed by atoms with E-state index in [9.17, 15) is 9.59 Å². The van der Waals surface area contributed by atoms with Gasteiger partial charge in [-0.1, -0.05) is 33.1 Å². The second kappa shape index (κ2) is 6.50. The first-order valence-corrected chi connectivity index (χ1v) is 8.68. The van der Waals surface area contributed by atoms with Gasteiger partial charge in [-0.15, -0.1) is 0 Å². The molecule has 1 saturated heterocycles. The molecule has 1 saturated carbocycles. The van der Waals surface area contributed by atoms with Crippen LogP contribution in [0, 0.1) is 17.3 Å². The van der Waals surface area contributed by atoms with Crippen molar-refractivity contribution in [3.8, 4) is 0 Å². The third kappa shape index (κ3) is 2.76. The molecule has 4 heteroatoms. The molecule has 2 rings (SSSR count). The summed E-state index contributed by atoms with van der Waals surface area (Å²) < 4.78 is 0. The summed E-state index contributed by atoms with van der Waals surface area (Å²) in [6, 6.07) is 0. The van der Waals surface area contributed by atoms with Gasteiger partial charge in [-0.25, -0.2) is 0 Å². The molecule has 3 nitrogen and oxygen atoms in total. The topological polar surface area (TPSA) is 37.4 Å². The predicted molar refractivity (Wildman–Crippen MR) is 83.7 cm³/mol. The zero-order valence-corrected chi connectivity index (χ0v) is 13.6. The molecule has 0 aromatic carbocycles. The Hall–Kier alpha value is -0.510. The summed E-state index contributed by atoms with van der Waals surface area (Å²) in [5, 5.41) is 0. The van der Waals surface area contributed by atoms with Gasteiger partial charge in [0.05, 0.1) is 11.8 Å². The van der Waals surface area contributed by atoms with E-state index in [1.165, 1.54) is 0 Å². The molecule has 1 aliphatic heterocycles. The van der Waals surface area contributed by atoms with Crippen molar-refractivity contribution in [2.24, 2.45) is 17.3 Å². The van der Waals surface area contributed by atoms with Crippen molar-refractivity contribution >= 4 is 24.4 Å². The molecule has 2 amide bonds. The van der Waals surface area contributed by atoms with Crippen molar-refractivity contribution in [1.82, 2.24) is 4.90 Å². The fraction of sp³-hybridized carbons (Fsp3) is 0.875. The molecule has 2 unspecified atom stereocenters. The van der Waals surface area contributed by atoms with Crippen molar-refractivity contribution < 1.29 is 9.59 Å². The Bertz CT molecular complexity index is 355. The summed E-state index contributed by atoms with van der Waals surface area (Å²) in [6.45, 7) is 4.91. The second-order valence-electron chi connectivity index (χ2n) is 6.56. The van der Waals surface area contributed by atoms with Crippen LogP contribution in [0.2, 0.25) is 0 Å². The molecule has 0 radical (unpaired) electrons. The molecule has 0 bridgehead atoms. The van der Waals surface area contributed by atoms with Crippen LogP contribution in [0.3, 0.4) is 0 Å². The average molecular weight is 297 g/mol. The maximum Gasteiger partial charge on any atom is 0.233 e. The first kappa shape index (κ1) is 15.9. The molecule has 20 heavy (non-hydrogen) atoms. The van der Waals surface area contributed by atoms with E-state index >= 15 is 0 Å². The zero-order valence-electron chi connectivity index (χ0n) is 12.7. The maximum atomic E-state index is 12.5. The fourth-order valence-corrected chi connectivity index (χ4v) is 4.52. The minimum absolute atomic E-state index is 0.0105. The molecule has 2 fully saturated rings. The van der Waals surface area contributed by atoms with Gasteiger partial charge in [0.25, 0.3) is 0 Å². The van der Waals surface area contributed by atoms with Gasteiger partial charge in [-0.05, 0) is 36.9 Å². The number of carbonyl (C=O) groups is 2. The zero-order chi connectivity index (χ0) is 14.8. The third-order valence-corrected chi connectivity index (χ3v) is 5.74. The normalized spacial score (nSPS) is 26.4. The van der Waals surface area contributed by atoms with Crippen LogP contribution in [0.25, 0.3) is 0 Å². The number of thiol groups is 1. The lowest BCUT2D eigenvalue weighted by Gasteiger charge is -2.35. The van der Waals surface area contributed by atoms with Crippen LogP contribution >= 0.6 is 12.6 Å². The van der Waals surface area contributed by atoms with Crippen LogP contribution < -0.4 is 0 Å². The highest BCUT2D eigenvalue weighted by Gasteiger charge is 2.51. The van der Waals surface area contributed by atoms with Gasteiger partial charge >= 0.3 is 0 Å². The molecule has 2 aliphatic rings. The van der Waals surface area contributed by atoms with Gasteiger partial charge < -0.3 is 0 Å². The largest absolute Gasteiger partial charge is 0.282 e. The Balaban J connectivity index is 2.14. The first-order valence-electron chi connectivity index (χ1n) is 8.04. The monoisotopic (exact) mass is 297 g/mol. The van der Waals surface area contributed by atoms with Crippen molar-refractivity contribution in [3.05, 3.63) is 0 Å². The Morgan fingerprint density at radius 3 is 2.00 bits per heavy atom. The SMILES string of the molecule is CCCC(CS)(CCC)CN1C(=O)C2CCCC2C1=O. The van der Waals surface area contributed by atoms with Gasteiger partial charge in [-0.3, -0.25) is 14.5 Å². The van der Waals surface area contributed by atoms with Gasteiger partial charge in [0.2, 0.25) is 11.8 Å². The predicted octanol–water partition coefficient (Wildman–Crippen LogP) is 3.29. The smallest absolute Gasteiger partial charge is 0.233 e. The number of hydrogen-bond donors (Lipinski definition) is 1. The number of imide groups is 1. The van der Waals surface area contributed by atoms with Crippen molar-refractivity contribution in [1.29, 1.82) is 0 Å². The fourth-order valence-electron chi connectivity index (χ4n) is 4.10. The summed E-state index contributed by atoms with van der Waals surface area (Å²) in [5.41, 5.74) is 0.0105. The molecular weight excluding hydrogens is 270 g/mol. The number of carbonyl (C=O) groups excluding carboxylic acids is 2. The molecule has 2 atom stereocenters. The Morgan fingerprint density at radius 2 is 1.60 bits per heavy atom. The van der Waals surface area contributed by atoms with Crippen molar-refractivity contribution in [2.75, 3.05) is 12.3 Å². The Labute approximate surface area is 127 Å². The minimum atomic E-state index is -0.0108. The Morgan fingerprint density at radius 1 is 1.10 bits per heavy atom. The van der Waals surface area contributed by atoms with Crippen LogP contribution in [0.1, 0.15) is 58.8 Å². The van der Waals surface area contributed by atoms with E-state index in [1.807, 2.05) is 0 Å². The van der Waals surface area contributed by atoms with E-state index in [0.29, 0.717) is 6.54 Å². The number of fused-ring (bicyclic) bond motifs is 1. The van der Waals surface area contributed by atoms with E-state index in [1.54, 1.807) is 4.90 Å². The average Bonchev–Trinajstić information content (AvgIpc) is 2.99. The molecule has 1 heterocycles. The van der Waals surface area contributed by atoms with E-state index in [-0.39, 0.29) is 29.1 Å². The van der Waals surface area contributed by atoms with Crippen molar-refractivity contribution in [2.45, 2.75) is 58.8 Å². The molecule has 1 aliphatic carbocycles. The van der Waals surface area contributed by atoms with Gasteiger partial charge in [0.15, 0.2) is 0 Å². The van der Waals surface area contributed by atoms with Gasteiger partial charge in [0.1, 0.15) is 0 Å². The van der Waals surface area contributed by atoms with Crippen LogP contribution in [0.4, 0.5) is 0 Å². The van der Waals surface area contributed by atoms with Crippen LogP contribution in [0.15, 0.2) is 0 Å². The Kier molecular flexibility index (Phi) is 5.16. The maximum absolute atomic E-state index is 12.5. The van der Waals surface area contributed by atoms with E-state index in [2.05, 4.69) is 26.5 Å². The molecule has 0 spiro atoms. The second-order valence-corrected chi connectivity index (χ2v) is 6.88. The first-order chi connectivity index (χ1) is 9.58. The molecule has 114 valence electrons. The summed E-state index contributed by atoms with van der Waals surface area (Å²) in [6.07, 6.45) is 7.06. The highest BCUT2D eigenvalue weighted by Crippen LogP contribution is 2.42. The lowest BCUT2D eigenvalue weighted by Crippen LogP contribution is -2.43. The van der Waals surface area contributed by atoms with Crippen LogP contribution in [-0.4, -0.2) is 29.0 Å². The van der Waals surface area contributed by atoms with Crippen LogP contribution in [-0.2, 0) is 9.59 Å². The summed E-state index contributed by atoms with van der Waals surface area (Å²) in [5.74, 6) is 0.916. The van der Waals surface area contributed by atoms with E-state index < -0.39 is 0 Å². The number of likely N-dealkylation sites (tertiary alicyclic amines) is 1. The number of amides is 2. The molecule has 0 N–H and O–H groups in total. The van der Waals surface area contributed by atoms with Gasteiger partial charge in [-0.2, -0.15) is 12.6 Å². The van der Waals surface area contributed by atoms with E-state index in [4.69, 9.17) is 0 Å². The molecular formula is C16H27NO2S. The van der Waals surface area contributed by atoms with Gasteiger partial charge in [0, 0.05) is 6.54 Å². The molecule has 0 aromatic heterocycles.